The fraction of sp³-hybridized carbons (Fsp3) is 0.308. The largest absolute Gasteiger partial charge is 0.347 e. The van der Waals surface area contributed by atoms with Gasteiger partial charge in [-0.1, -0.05) is 18.2 Å². The Morgan fingerprint density at radius 1 is 1.43 bits per heavy atom. The Balaban J connectivity index is 2.04. The van der Waals surface area contributed by atoms with Gasteiger partial charge in [0, 0.05) is 38.1 Å². The zero-order chi connectivity index (χ0) is 15.4. The quantitative estimate of drug-likeness (QED) is 0.654. The first-order chi connectivity index (χ1) is 9.99. The average molecular weight is 290 g/mol. The highest BCUT2D eigenvalue weighted by Crippen LogP contribution is 2.17. The lowest BCUT2D eigenvalue weighted by molar-refractivity contribution is -0.385. The van der Waals surface area contributed by atoms with E-state index in [1.807, 2.05) is 0 Å². The maximum atomic E-state index is 12.0. The molecule has 0 unspecified atom stereocenters. The molecule has 1 heterocycles. The summed E-state index contributed by atoms with van der Waals surface area (Å²) in [5.41, 5.74) is 0.614. The van der Waals surface area contributed by atoms with Gasteiger partial charge in [0.05, 0.1) is 4.92 Å². The summed E-state index contributed by atoms with van der Waals surface area (Å²) in [4.78, 5) is 33.6. The van der Waals surface area contributed by atoms with E-state index in [1.165, 1.54) is 13.1 Å². The van der Waals surface area contributed by atoms with E-state index in [0.29, 0.717) is 5.56 Å². The number of hydrogen-bond acceptors (Lipinski definition) is 5. The second kappa shape index (κ2) is 6.12. The lowest BCUT2D eigenvalue weighted by atomic mass is 10.1. The minimum atomic E-state index is -0.494. The minimum absolute atomic E-state index is 0.0344. The molecule has 1 aromatic carbocycles. The summed E-state index contributed by atoms with van der Waals surface area (Å²) < 4.78 is 0. The molecule has 0 saturated carbocycles. The Kier molecular flexibility index (Phi) is 4.27. The van der Waals surface area contributed by atoms with Gasteiger partial charge in [-0.2, -0.15) is 5.10 Å². The van der Waals surface area contributed by atoms with E-state index in [0.717, 1.165) is 5.01 Å². The van der Waals surface area contributed by atoms with Gasteiger partial charge in [-0.3, -0.25) is 19.7 Å². The van der Waals surface area contributed by atoms with Gasteiger partial charge in [0.2, 0.25) is 5.91 Å². The highest BCUT2D eigenvalue weighted by Gasteiger charge is 2.22. The number of hydrogen-bond donors (Lipinski definition) is 1. The molecule has 0 fully saturated rings. The molecule has 8 nitrogen and oxygen atoms in total. The lowest BCUT2D eigenvalue weighted by Gasteiger charge is -2.18. The van der Waals surface area contributed by atoms with Crippen molar-refractivity contribution in [1.29, 1.82) is 0 Å². The zero-order valence-electron chi connectivity index (χ0n) is 11.4. The number of rotatable bonds is 4. The lowest BCUT2D eigenvalue weighted by Crippen LogP contribution is -2.37. The second-order valence-corrected chi connectivity index (χ2v) is 4.53. The molecule has 110 valence electrons. The van der Waals surface area contributed by atoms with Gasteiger partial charge in [-0.25, -0.2) is 5.01 Å². The van der Waals surface area contributed by atoms with Gasteiger partial charge in [-0.05, 0) is 0 Å². The van der Waals surface area contributed by atoms with Crippen LogP contribution in [0.25, 0.3) is 0 Å². The van der Waals surface area contributed by atoms with Gasteiger partial charge in [0.1, 0.15) is 5.71 Å². The van der Waals surface area contributed by atoms with E-state index in [2.05, 4.69) is 10.4 Å². The Hall–Kier alpha value is -2.77. The number of para-hydroxylation sites is 1. The number of amides is 2. The van der Waals surface area contributed by atoms with Crippen molar-refractivity contribution in [3.8, 4) is 0 Å². The van der Waals surface area contributed by atoms with Crippen LogP contribution in [0.3, 0.4) is 0 Å². The van der Waals surface area contributed by atoms with Gasteiger partial charge in [0.25, 0.3) is 11.6 Å². The zero-order valence-corrected chi connectivity index (χ0v) is 11.4. The summed E-state index contributed by atoms with van der Waals surface area (Å²) in [7, 11) is 1.48. The number of benzene rings is 1. The normalized spacial score (nSPS) is 14.6. The number of nitrogens with zero attached hydrogens (tertiary/aromatic N) is 3. The number of hydrazone groups is 1. The predicted molar refractivity (Wildman–Crippen MR) is 74.4 cm³/mol. The third-order valence-electron chi connectivity index (χ3n) is 3.10. The van der Waals surface area contributed by atoms with Crippen LogP contribution in [0.2, 0.25) is 0 Å². The summed E-state index contributed by atoms with van der Waals surface area (Å²) in [5.74, 6) is -0.572. The molecule has 2 amide bonds. The second-order valence-electron chi connectivity index (χ2n) is 4.53. The van der Waals surface area contributed by atoms with Crippen molar-refractivity contribution in [2.24, 2.45) is 5.10 Å². The summed E-state index contributed by atoms with van der Waals surface area (Å²) in [6, 6.07) is 6.19. The van der Waals surface area contributed by atoms with Crippen LogP contribution in [-0.4, -0.2) is 34.5 Å². The maximum Gasteiger partial charge on any atom is 0.274 e. The van der Waals surface area contributed by atoms with Gasteiger partial charge < -0.3 is 5.32 Å². The van der Waals surface area contributed by atoms with E-state index >= 15 is 0 Å². The number of carbonyl (C=O) groups is 2. The third kappa shape index (κ3) is 3.41. The van der Waals surface area contributed by atoms with E-state index in [9.17, 15) is 19.7 Å². The van der Waals surface area contributed by atoms with E-state index < -0.39 is 10.8 Å². The van der Waals surface area contributed by atoms with Crippen LogP contribution in [-0.2, 0) is 16.1 Å². The fourth-order valence-electron chi connectivity index (χ4n) is 1.95. The van der Waals surface area contributed by atoms with Crippen molar-refractivity contribution in [3.63, 3.8) is 0 Å². The molecule has 0 aromatic heterocycles. The maximum absolute atomic E-state index is 12.0. The van der Waals surface area contributed by atoms with Crippen LogP contribution in [0.5, 0.6) is 0 Å². The van der Waals surface area contributed by atoms with E-state index in [-0.39, 0.29) is 36.7 Å². The molecule has 0 atom stereocenters. The third-order valence-corrected chi connectivity index (χ3v) is 3.10. The molecular weight excluding hydrogens is 276 g/mol. The number of nitro benzene ring substituents is 1. The molecule has 2 rings (SSSR count). The van der Waals surface area contributed by atoms with E-state index in [4.69, 9.17) is 0 Å². The molecular formula is C13H14N4O4. The van der Waals surface area contributed by atoms with Crippen molar-refractivity contribution in [2.75, 3.05) is 7.05 Å². The molecule has 1 aromatic rings. The van der Waals surface area contributed by atoms with Gasteiger partial charge in [-0.15, -0.1) is 0 Å². The molecule has 0 saturated heterocycles. The molecule has 1 aliphatic rings. The first kappa shape index (κ1) is 14.6. The summed E-state index contributed by atoms with van der Waals surface area (Å²) in [5, 5.41) is 18.5. The first-order valence-electron chi connectivity index (χ1n) is 6.33. The average Bonchev–Trinajstić information content (AvgIpc) is 2.47. The van der Waals surface area contributed by atoms with Crippen LogP contribution >= 0.6 is 0 Å². The van der Waals surface area contributed by atoms with Crippen molar-refractivity contribution in [3.05, 3.63) is 39.9 Å². The molecule has 1 N–H and O–H groups in total. The number of nitro groups is 1. The van der Waals surface area contributed by atoms with Crippen LogP contribution in [0.1, 0.15) is 18.4 Å². The van der Waals surface area contributed by atoms with Crippen LogP contribution in [0.4, 0.5) is 5.69 Å². The number of nitrogens with one attached hydrogen (secondary N) is 1. The highest BCUT2D eigenvalue weighted by atomic mass is 16.6. The summed E-state index contributed by atoms with van der Waals surface area (Å²) in [6.45, 7) is 0.0344. The highest BCUT2D eigenvalue weighted by molar-refractivity contribution is 6.39. The Labute approximate surface area is 120 Å². The van der Waals surface area contributed by atoms with Crippen molar-refractivity contribution in [2.45, 2.75) is 19.4 Å². The standard InChI is InChI=1S/C13H14N4O4/c1-16-12(18)7-6-10(15-16)13(19)14-8-9-4-2-3-5-11(9)17(20)21/h2-5H,6-8H2,1H3,(H,14,19). The van der Waals surface area contributed by atoms with Crippen molar-refractivity contribution in [1.82, 2.24) is 10.3 Å². The molecule has 1 aliphatic heterocycles. The molecule has 8 heteroatoms. The smallest absolute Gasteiger partial charge is 0.274 e. The number of carbonyl (C=O) groups excluding carboxylic acids is 2. The minimum Gasteiger partial charge on any atom is -0.347 e. The Bertz CT molecular complexity index is 626. The molecule has 0 spiro atoms. The van der Waals surface area contributed by atoms with Gasteiger partial charge in [0.15, 0.2) is 0 Å². The fourth-order valence-corrected chi connectivity index (χ4v) is 1.95. The van der Waals surface area contributed by atoms with Crippen LogP contribution in [0.15, 0.2) is 29.4 Å². The van der Waals surface area contributed by atoms with Crippen LogP contribution in [0, 0.1) is 10.1 Å². The van der Waals surface area contributed by atoms with Crippen molar-refractivity contribution < 1.29 is 14.5 Å². The van der Waals surface area contributed by atoms with Gasteiger partial charge >= 0.3 is 0 Å². The Morgan fingerprint density at radius 3 is 2.81 bits per heavy atom. The molecule has 0 aliphatic carbocycles. The van der Waals surface area contributed by atoms with Crippen molar-refractivity contribution >= 4 is 23.2 Å². The molecule has 21 heavy (non-hydrogen) atoms. The van der Waals surface area contributed by atoms with Crippen LogP contribution < -0.4 is 5.32 Å². The summed E-state index contributed by atoms with van der Waals surface area (Å²) in [6.07, 6.45) is 0.500. The SMILES string of the molecule is CN1N=C(C(=O)NCc2ccccc2[N+](=O)[O-])CCC1=O. The Morgan fingerprint density at radius 2 is 2.14 bits per heavy atom. The predicted octanol–water partition coefficient (Wildman–Crippen LogP) is 0.819. The summed E-state index contributed by atoms with van der Waals surface area (Å²) >= 11 is 0. The topological polar surface area (TPSA) is 105 Å². The van der Waals surface area contributed by atoms with E-state index in [1.54, 1.807) is 18.2 Å². The molecule has 0 bridgehead atoms. The first-order valence-corrected chi connectivity index (χ1v) is 6.33. The monoisotopic (exact) mass is 290 g/mol. The molecule has 0 radical (unpaired) electrons.